The van der Waals surface area contributed by atoms with Crippen LogP contribution in [-0.4, -0.2) is 10.7 Å². The Morgan fingerprint density at radius 3 is 2.29 bits per heavy atom. The molecule has 2 saturated carbocycles. The lowest BCUT2D eigenvalue weighted by Gasteiger charge is -2.40. The van der Waals surface area contributed by atoms with Crippen molar-refractivity contribution in [2.24, 2.45) is 11.3 Å². The minimum Gasteiger partial charge on any atom is -0.388 e. The van der Waals surface area contributed by atoms with Gasteiger partial charge in [-0.2, -0.15) is 5.26 Å². The monoisotopic (exact) mass is 193 g/mol. The molecule has 78 valence electrons. The summed E-state index contributed by atoms with van der Waals surface area (Å²) in [7, 11) is 0. The molecule has 0 bridgehead atoms. The molecule has 0 saturated heterocycles. The van der Waals surface area contributed by atoms with Crippen LogP contribution in [0.2, 0.25) is 0 Å². The third-order valence-electron chi connectivity index (χ3n) is 4.51. The maximum Gasteiger partial charge on any atom is 0.0862 e. The predicted molar refractivity (Wildman–Crippen MR) is 54.5 cm³/mol. The number of nitriles is 1. The summed E-state index contributed by atoms with van der Waals surface area (Å²) in [5.74, 6) is 0.306. The van der Waals surface area contributed by atoms with Gasteiger partial charge in [0.05, 0.1) is 17.1 Å². The number of rotatable bonds is 1. The lowest BCUT2D eigenvalue weighted by molar-refractivity contribution is -0.0782. The molecule has 2 heteroatoms. The molecule has 0 aromatic rings. The summed E-state index contributed by atoms with van der Waals surface area (Å²) >= 11 is 0. The van der Waals surface area contributed by atoms with E-state index in [9.17, 15) is 10.4 Å². The van der Waals surface area contributed by atoms with Crippen LogP contribution >= 0.6 is 0 Å². The second-order valence-corrected chi connectivity index (χ2v) is 5.12. The van der Waals surface area contributed by atoms with Gasteiger partial charge in [-0.05, 0) is 31.6 Å². The molecule has 2 atom stereocenters. The zero-order chi connectivity index (χ0) is 10.2. The number of hydrogen-bond acceptors (Lipinski definition) is 2. The first-order valence-corrected chi connectivity index (χ1v) is 5.78. The van der Waals surface area contributed by atoms with Crippen molar-refractivity contribution in [1.29, 1.82) is 5.26 Å². The first-order chi connectivity index (χ1) is 6.65. The summed E-state index contributed by atoms with van der Waals surface area (Å²) in [4.78, 5) is 0. The van der Waals surface area contributed by atoms with Crippen LogP contribution in [-0.2, 0) is 0 Å². The number of nitrogens with zero attached hydrogens (tertiary/aromatic N) is 1. The second kappa shape index (κ2) is 3.24. The number of aliphatic hydroxyl groups is 1. The van der Waals surface area contributed by atoms with Crippen LogP contribution in [0, 0.1) is 22.7 Å². The fraction of sp³-hybridized carbons (Fsp3) is 0.917. The molecule has 0 spiro atoms. The Labute approximate surface area is 85.9 Å². The fourth-order valence-electron chi connectivity index (χ4n) is 3.49. The molecule has 0 aromatic heterocycles. The lowest BCUT2D eigenvalue weighted by Crippen LogP contribution is -2.48. The molecule has 2 unspecified atom stereocenters. The van der Waals surface area contributed by atoms with Crippen molar-refractivity contribution in [3.63, 3.8) is 0 Å². The second-order valence-electron chi connectivity index (χ2n) is 5.12. The van der Waals surface area contributed by atoms with E-state index in [2.05, 4.69) is 13.0 Å². The zero-order valence-electron chi connectivity index (χ0n) is 8.92. The maximum atomic E-state index is 10.7. The van der Waals surface area contributed by atoms with Gasteiger partial charge < -0.3 is 5.11 Å². The van der Waals surface area contributed by atoms with Crippen molar-refractivity contribution < 1.29 is 5.11 Å². The van der Waals surface area contributed by atoms with Crippen LogP contribution in [0.4, 0.5) is 0 Å². The highest BCUT2D eigenvalue weighted by atomic mass is 16.3. The summed E-state index contributed by atoms with van der Waals surface area (Å²) in [5.41, 5.74) is -1.10. The summed E-state index contributed by atoms with van der Waals surface area (Å²) < 4.78 is 0. The van der Waals surface area contributed by atoms with E-state index in [-0.39, 0.29) is 0 Å². The fourth-order valence-corrected chi connectivity index (χ4v) is 3.49. The van der Waals surface area contributed by atoms with Gasteiger partial charge in [0.2, 0.25) is 0 Å². The third kappa shape index (κ3) is 1.12. The van der Waals surface area contributed by atoms with Crippen molar-refractivity contribution in [2.45, 2.75) is 57.5 Å². The van der Waals surface area contributed by atoms with E-state index in [1.807, 2.05) is 0 Å². The highest BCUT2D eigenvalue weighted by Gasteiger charge is 2.56. The lowest BCUT2D eigenvalue weighted by atomic mass is 9.67. The minimum absolute atomic E-state index is 0.306. The summed E-state index contributed by atoms with van der Waals surface area (Å²) in [6, 6.07) is 2.44. The van der Waals surface area contributed by atoms with E-state index in [1.165, 1.54) is 0 Å². The Balaban J connectivity index is 2.31. The summed E-state index contributed by atoms with van der Waals surface area (Å²) in [6.07, 6.45) is 7.04. The smallest absolute Gasteiger partial charge is 0.0862 e. The molecule has 2 aliphatic rings. The Hall–Kier alpha value is -0.550. The van der Waals surface area contributed by atoms with Crippen molar-refractivity contribution in [2.75, 3.05) is 0 Å². The normalized spacial score (nSPS) is 41.1. The van der Waals surface area contributed by atoms with E-state index in [0.717, 1.165) is 44.9 Å². The van der Waals surface area contributed by atoms with Gasteiger partial charge in [-0.15, -0.1) is 0 Å². The van der Waals surface area contributed by atoms with Crippen LogP contribution < -0.4 is 0 Å². The highest BCUT2D eigenvalue weighted by molar-refractivity contribution is 5.16. The highest BCUT2D eigenvalue weighted by Crippen LogP contribution is 2.54. The molecule has 2 fully saturated rings. The molecule has 2 nitrogen and oxygen atoms in total. The molecule has 0 aliphatic heterocycles. The van der Waals surface area contributed by atoms with Gasteiger partial charge in [0, 0.05) is 0 Å². The Morgan fingerprint density at radius 2 is 1.86 bits per heavy atom. The molecular formula is C12H19NO. The van der Waals surface area contributed by atoms with Gasteiger partial charge in [-0.25, -0.2) is 0 Å². The molecule has 0 heterocycles. The average Bonchev–Trinajstić information content (AvgIpc) is 2.76. The van der Waals surface area contributed by atoms with Gasteiger partial charge in [-0.3, -0.25) is 0 Å². The van der Waals surface area contributed by atoms with Gasteiger partial charge in [-0.1, -0.05) is 26.2 Å². The minimum atomic E-state index is -0.682. The molecular weight excluding hydrogens is 174 g/mol. The van der Waals surface area contributed by atoms with Crippen LogP contribution in [0.5, 0.6) is 0 Å². The van der Waals surface area contributed by atoms with E-state index in [4.69, 9.17) is 0 Å². The van der Waals surface area contributed by atoms with E-state index in [1.54, 1.807) is 0 Å². The summed E-state index contributed by atoms with van der Waals surface area (Å²) in [5, 5.41) is 20.0. The SMILES string of the molecule is CC1CCCC1(O)C1(C#N)CCCC1. The van der Waals surface area contributed by atoms with Crippen molar-refractivity contribution in [3.8, 4) is 6.07 Å². The Bertz CT molecular complexity index is 262. The summed E-state index contributed by atoms with van der Waals surface area (Å²) in [6.45, 7) is 2.10. The molecule has 14 heavy (non-hydrogen) atoms. The Kier molecular flexibility index (Phi) is 2.31. The molecule has 2 rings (SSSR count). The van der Waals surface area contributed by atoms with Gasteiger partial charge >= 0.3 is 0 Å². The Morgan fingerprint density at radius 1 is 1.21 bits per heavy atom. The van der Waals surface area contributed by atoms with E-state index >= 15 is 0 Å². The first-order valence-electron chi connectivity index (χ1n) is 5.78. The van der Waals surface area contributed by atoms with Crippen LogP contribution in [0.3, 0.4) is 0 Å². The van der Waals surface area contributed by atoms with Crippen molar-refractivity contribution in [3.05, 3.63) is 0 Å². The molecule has 0 amide bonds. The van der Waals surface area contributed by atoms with Crippen LogP contribution in [0.25, 0.3) is 0 Å². The molecule has 1 N–H and O–H groups in total. The van der Waals surface area contributed by atoms with E-state index < -0.39 is 11.0 Å². The molecule has 0 aromatic carbocycles. The predicted octanol–water partition coefficient (Wildman–Crippen LogP) is 2.62. The van der Waals surface area contributed by atoms with Gasteiger partial charge in [0.1, 0.15) is 0 Å². The first kappa shape index (κ1) is 9.98. The third-order valence-corrected chi connectivity index (χ3v) is 4.51. The van der Waals surface area contributed by atoms with E-state index in [0.29, 0.717) is 5.92 Å². The number of hydrogen-bond donors (Lipinski definition) is 1. The zero-order valence-corrected chi connectivity index (χ0v) is 8.92. The van der Waals surface area contributed by atoms with Crippen molar-refractivity contribution >= 4 is 0 Å². The quantitative estimate of drug-likeness (QED) is 0.695. The van der Waals surface area contributed by atoms with Crippen molar-refractivity contribution in [1.82, 2.24) is 0 Å². The molecule has 2 aliphatic carbocycles. The van der Waals surface area contributed by atoms with Gasteiger partial charge in [0.25, 0.3) is 0 Å². The molecule has 0 radical (unpaired) electrons. The average molecular weight is 193 g/mol. The van der Waals surface area contributed by atoms with Crippen LogP contribution in [0.1, 0.15) is 51.9 Å². The van der Waals surface area contributed by atoms with Gasteiger partial charge in [0.15, 0.2) is 0 Å². The standard InChI is InChI=1S/C12H19NO/c1-10-5-4-8-12(10,14)11(9-13)6-2-3-7-11/h10,14H,2-8H2,1H3. The largest absolute Gasteiger partial charge is 0.388 e. The topological polar surface area (TPSA) is 44.0 Å². The van der Waals surface area contributed by atoms with Crippen LogP contribution in [0.15, 0.2) is 0 Å². The maximum absolute atomic E-state index is 10.7.